The van der Waals surface area contributed by atoms with E-state index in [-0.39, 0.29) is 5.57 Å². The summed E-state index contributed by atoms with van der Waals surface area (Å²) in [5.41, 5.74) is 2.03. The number of guanidine groups is 1. The molecule has 1 saturated heterocycles. The molecule has 34 heavy (non-hydrogen) atoms. The highest BCUT2D eigenvalue weighted by atomic mass is 35.5. The summed E-state index contributed by atoms with van der Waals surface area (Å²) in [6.07, 6.45) is 0.764. The Bertz CT molecular complexity index is 1240. The van der Waals surface area contributed by atoms with Crippen molar-refractivity contribution in [1.82, 2.24) is 14.8 Å². The Hall–Kier alpha value is -3.06. The van der Waals surface area contributed by atoms with E-state index in [1.165, 1.54) is 4.90 Å². The van der Waals surface area contributed by atoms with Crippen LogP contribution in [0.2, 0.25) is 15.2 Å². The van der Waals surface area contributed by atoms with Gasteiger partial charge in [0.1, 0.15) is 5.15 Å². The first-order chi connectivity index (χ1) is 16.4. The second kappa shape index (κ2) is 10.5. The third kappa shape index (κ3) is 5.20. The summed E-state index contributed by atoms with van der Waals surface area (Å²) >= 11 is 18.5. The number of aromatic nitrogens is 1. The van der Waals surface area contributed by atoms with Crippen LogP contribution in [-0.2, 0) is 11.3 Å². The van der Waals surface area contributed by atoms with E-state index in [9.17, 15) is 9.90 Å². The van der Waals surface area contributed by atoms with Crippen molar-refractivity contribution >= 4 is 52.2 Å². The highest BCUT2D eigenvalue weighted by Crippen LogP contribution is 2.33. The van der Waals surface area contributed by atoms with Gasteiger partial charge in [-0.15, -0.1) is 0 Å². The number of aliphatic hydroxyl groups excluding tert-OH is 1. The van der Waals surface area contributed by atoms with Gasteiger partial charge in [0.2, 0.25) is 5.96 Å². The van der Waals surface area contributed by atoms with Gasteiger partial charge in [0.15, 0.2) is 0 Å². The van der Waals surface area contributed by atoms with Crippen molar-refractivity contribution in [2.45, 2.75) is 12.6 Å². The SMILES string of the molecule is CN1CC(c2cccc(Cl)n2)N(C(=O)C(=CO)c2cc(Cl)cc(Cl)c2)C1=NCc1ccccc1. The van der Waals surface area contributed by atoms with E-state index in [2.05, 4.69) is 4.98 Å². The number of halogens is 3. The third-order valence-electron chi connectivity index (χ3n) is 5.39. The average Bonchev–Trinajstić information content (AvgIpc) is 3.14. The Morgan fingerprint density at radius 1 is 1.09 bits per heavy atom. The fourth-order valence-electron chi connectivity index (χ4n) is 3.85. The van der Waals surface area contributed by atoms with Gasteiger partial charge in [-0.25, -0.2) is 9.98 Å². The van der Waals surface area contributed by atoms with Crippen LogP contribution in [-0.4, -0.2) is 45.3 Å². The second-order valence-electron chi connectivity index (χ2n) is 7.76. The zero-order chi connectivity index (χ0) is 24.2. The van der Waals surface area contributed by atoms with Gasteiger partial charge < -0.3 is 10.0 Å². The average molecular weight is 516 g/mol. The van der Waals surface area contributed by atoms with Gasteiger partial charge in [-0.05, 0) is 41.5 Å². The normalized spacial score (nSPS) is 17.5. The molecule has 0 aliphatic carbocycles. The van der Waals surface area contributed by atoms with Crippen LogP contribution in [0, 0.1) is 0 Å². The maximum Gasteiger partial charge on any atom is 0.264 e. The quantitative estimate of drug-likeness (QED) is 0.257. The first-order valence-electron chi connectivity index (χ1n) is 10.4. The first-order valence-corrected chi connectivity index (χ1v) is 11.6. The Balaban J connectivity index is 1.78. The van der Waals surface area contributed by atoms with Crippen LogP contribution in [0.4, 0.5) is 0 Å². The Morgan fingerprint density at radius 3 is 2.44 bits per heavy atom. The van der Waals surface area contributed by atoms with E-state index in [1.54, 1.807) is 30.3 Å². The number of aliphatic imine (C=N–C) groups is 1. The zero-order valence-electron chi connectivity index (χ0n) is 18.2. The molecule has 2 aromatic carbocycles. The van der Waals surface area contributed by atoms with E-state index < -0.39 is 11.9 Å². The molecular formula is C25H21Cl3N4O2. The summed E-state index contributed by atoms with van der Waals surface area (Å²) in [4.78, 5) is 26.5. The molecule has 6 nitrogen and oxygen atoms in total. The number of pyridine rings is 1. The monoisotopic (exact) mass is 514 g/mol. The van der Waals surface area contributed by atoms with Crippen molar-refractivity contribution in [3.8, 4) is 0 Å². The van der Waals surface area contributed by atoms with Crippen LogP contribution in [0.3, 0.4) is 0 Å². The number of likely N-dealkylation sites (N-methyl/N-ethyl adjacent to an activating group) is 1. The largest absolute Gasteiger partial charge is 0.515 e. The fourth-order valence-corrected chi connectivity index (χ4v) is 4.54. The van der Waals surface area contributed by atoms with Crippen LogP contribution >= 0.6 is 34.8 Å². The lowest BCUT2D eigenvalue weighted by Crippen LogP contribution is -2.38. The zero-order valence-corrected chi connectivity index (χ0v) is 20.5. The minimum absolute atomic E-state index is 0.0270. The number of aliphatic hydroxyl groups is 1. The predicted octanol–water partition coefficient (Wildman–Crippen LogP) is 6.01. The van der Waals surface area contributed by atoms with Crippen molar-refractivity contribution in [3.05, 3.63) is 105 Å². The minimum atomic E-state index is -0.477. The number of carbonyl (C=O) groups is 1. The second-order valence-corrected chi connectivity index (χ2v) is 9.02. The van der Waals surface area contributed by atoms with Crippen molar-refractivity contribution in [2.24, 2.45) is 4.99 Å². The first kappa shape index (κ1) is 24.1. The van der Waals surface area contributed by atoms with Gasteiger partial charge in [-0.3, -0.25) is 9.69 Å². The van der Waals surface area contributed by atoms with Gasteiger partial charge in [0, 0.05) is 23.6 Å². The molecule has 3 aromatic rings. The Labute approximate surface area is 212 Å². The number of carbonyl (C=O) groups excluding carboxylic acids is 1. The lowest BCUT2D eigenvalue weighted by molar-refractivity contribution is -0.122. The summed E-state index contributed by atoms with van der Waals surface area (Å²) < 4.78 is 0. The molecule has 9 heteroatoms. The fraction of sp³-hybridized carbons (Fsp3) is 0.160. The van der Waals surface area contributed by atoms with E-state index in [0.29, 0.717) is 45.5 Å². The number of hydrogen-bond acceptors (Lipinski definition) is 4. The summed E-state index contributed by atoms with van der Waals surface area (Å²) in [6, 6.07) is 19.2. The van der Waals surface area contributed by atoms with E-state index in [1.807, 2.05) is 48.3 Å². The van der Waals surface area contributed by atoms with Crippen molar-refractivity contribution in [3.63, 3.8) is 0 Å². The Kier molecular flexibility index (Phi) is 7.41. The Morgan fingerprint density at radius 2 is 1.79 bits per heavy atom. The van der Waals surface area contributed by atoms with Crippen LogP contribution in [0.5, 0.6) is 0 Å². The number of hydrogen-bond donors (Lipinski definition) is 1. The maximum absolute atomic E-state index is 13.9. The number of benzene rings is 2. The molecule has 1 amide bonds. The molecule has 1 aromatic heterocycles. The highest BCUT2D eigenvalue weighted by molar-refractivity contribution is 6.35. The van der Waals surface area contributed by atoms with Crippen LogP contribution in [0.15, 0.2) is 78.0 Å². The molecule has 2 heterocycles. The molecule has 0 radical (unpaired) electrons. The lowest BCUT2D eigenvalue weighted by atomic mass is 10.0. The summed E-state index contributed by atoms with van der Waals surface area (Å²) in [7, 11) is 1.85. The molecular weight excluding hydrogens is 495 g/mol. The van der Waals surface area contributed by atoms with E-state index in [0.717, 1.165) is 11.8 Å². The number of nitrogens with zero attached hydrogens (tertiary/aromatic N) is 4. The maximum atomic E-state index is 13.9. The van der Waals surface area contributed by atoms with Crippen LogP contribution in [0.25, 0.3) is 5.57 Å². The van der Waals surface area contributed by atoms with Gasteiger partial charge in [-0.1, -0.05) is 71.2 Å². The predicted molar refractivity (Wildman–Crippen MR) is 136 cm³/mol. The molecule has 1 aliphatic rings. The van der Waals surface area contributed by atoms with Crippen LogP contribution < -0.4 is 0 Å². The summed E-state index contributed by atoms with van der Waals surface area (Å²) in [5.74, 6) is -0.0168. The molecule has 0 saturated carbocycles. The van der Waals surface area contributed by atoms with Gasteiger partial charge in [0.05, 0.1) is 30.1 Å². The van der Waals surface area contributed by atoms with Crippen molar-refractivity contribution < 1.29 is 9.90 Å². The smallest absolute Gasteiger partial charge is 0.264 e. The van der Waals surface area contributed by atoms with Crippen molar-refractivity contribution in [1.29, 1.82) is 0 Å². The number of amides is 1. The molecule has 0 spiro atoms. The summed E-state index contributed by atoms with van der Waals surface area (Å²) in [5, 5.41) is 11.1. The van der Waals surface area contributed by atoms with Crippen LogP contribution in [0.1, 0.15) is 22.9 Å². The standard InChI is InChI=1S/C25H21Cl3N4O2/c1-31-14-22(21-8-5-9-23(28)30-21)32(25(31)29-13-16-6-3-2-4-7-16)24(34)20(15-33)17-10-18(26)12-19(27)11-17/h2-12,15,22,33H,13-14H2,1H3. The highest BCUT2D eigenvalue weighted by Gasteiger charge is 2.41. The van der Waals surface area contributed by atoms with Gasteiger partial charge >= 0.3 is 0 Å². The molecule has 0 bridgehead atoms. The van der Waals surface area contributed by atoms with E-state index in [4.69, 9.17) is 39.8 Å². The molecule has 174 valence electrons. The molecule has 1 aliphatic heterocycles. The molecule has 1 fully saturated rings. The topological polar surface area (TPSA) is 69.0 Å². The number of rotatable bonds is 5. The molecule has 4 rings (SSSR count). The van der Waals surface area contributed by atoms with E-state index >= 15 is 0 Å². The molecule has 1 unspecified atom stereocenters. The lowest BCUT2D eigenvalue weighted by Gasteiger charge is -2.25. The molecule has 1 N–H and O–H groups in total. The van der Waals surface area contributed by atoms with Gasteiger partial charge in [-0.2, -0.15) is 0 Å². The summed E-state index contributed by atoms with van der Waals surface area (Å²) in [6.45, 7) is 0.822. The third-order valence-corrected chi connectivity index (χ3v) is 6.04. The van der Waals surface area contributed by atoms with Crippen molar-refractivity contribution in [2.75, 3.05) is 13.6 Å². The molecule has 1 atom stereocenters. The van der Waals surface area contributed by atoms with Gasteiger partial charge in [0.25, 0.3) is 5.91 Å². The minimum Gasteiger partial charge on any atom is -0.515 e.